The summed E-state index contributed by atoms with van der Waals surface area (Å²) in [5.74, 6) is 0. The summed E-state index contributed by atoms with van der Waals surface area (Å²) in [4.78, 5) is 3.95. The molecular formula is C15H23NOS. The number of fused-ring (bicyclic) bond motifs is 1. The first-order valence-electron chi connectivity index (χ1n) is 6.91. The lowest BCUT2D eigenvalue weighted by Crippen LogP contribution is -2.29. The van der Waals surface area contributed by atoms with Gasteiger partial charge in [-0.3, -0.25) is 4.90 Å². The molecule has 0 atom stereocenters. The van der Waals surface area contributed by atoms with Gasteiger partial charge in [0.05, 0.1) is 6.61 Å². The molecule has 0 radical (unpaired) electrons. The fraction of sp³-hybridized carbons (Fsp3) is 0.600. The molecule has 2 rings (SSSR count). The fourth-order valence-electron chi connectivity index (χ4n) is 2.30. The Morgan fingerprint density at radius 2 is 2.39 bits per heavy atom. The van der Waals surface area contributed by atoms with E-state index in [1.807, 2.05) is 17.4 Å². The van der Waals surface area contributed by atoms with Crippen molar-refractivity contribution in [3.8, 4) is 5.06 Å². The minimum absolute atomic E-state index is 0.865. The van der Waals surface area contributed by atoms with E-state index in [0.717, 1.165) is 37.7 Å². The summed E-state index contributed by atoms with van der Waals surface area (Å²) in [6, 6.07) is 2.24. The van der Waals surface area contributed by atoms with Gasteiger partial charge in [0, 0.05) is 24.5 Å². The topological polar surface area (TPSA) is 12.5 Å². The molecule has 0 aromatic carbocycles. The molecular weight excluding hydrogens is 242 g/mol. The van der Waals surface area contributed by atoms with Crippen LogP contribution in [0.25, 0.3) is 0 Å². The van der Waals surface area contributed by atoms with Crippen LogP contribution in [0.5, 0.6) is 5.06 Å². The highest BCUT2D eigenvalue weighted by Crippen LogP contribution is 2.33. The van der Waals surface area contributed by atoms with Crippen LogP contribution in [-0.4, -0.2) is 24.6 Å². The van der Waals surface area contributed by atoms with Crippen molar-refractivity contribution in [1.29, 1.82) is 0 Å². The molecule has 100 valence electrons. The first-order valence-corrected chi connectivity index (χ1v) is 7.72. The molecule has 0 bridgehead atoms. The van der Waals surface area contributed by atoms with Crippen LogP contribution in [-0.2, 0) is 13.0 Å². The molecule has 0 saturated carbocycles. The zero-order chi connectivity index (χ0) is 12.8. The van der Waals surface area contributed by atoms with E-state index in [1.54, 1.807) is 0 Å². The van der Waals surface area contributed by atoms with Gasteiger partial charge in [0.2, 0.25) is 0 Å². The van der Waals surface area contributed by atoms with Gasteiger partial charge in [0.1, 0.15) is 0 Å². The minimum Gasteiger partial charge on any atom is -0.484 e. The van der Waals surface area contributed by atoms with Gasteiger partial charge in [0.25, 0.3) is 0 Å². The second-order valence-corrected chi connectivity index (χ2v) is 5.94. The monoisotopic (exact) mass is 265 g/mol. The summed E-state index contributed by atoms with van der Waals surface area (Å²) >= 11 is 1.84. The van der Waals surface area contributed by atoms with E-state index in [0.29, 0.717) is 0 Å². The Kier molecular flexibility index (Phi) is 5.26. The standard InChI is InChI=1S/C15H23NOS/c1-3-5-6-10-17-15-11-13-12-16(8-4-2)9-7-14(13)18-15/h4,11H,2-3,5-10,12H2,1H3. The van der Waals surface area contributed by atoms with Gasteiger partial charge < -0.3 is 4.74 Å². The first kappa shape index (κ1) is 13.6. The summed E-state index contributed by atoms with van der Waals surface area (Å²) in [7, 11) is 0. The number of hydrogen-bond donors (Lipinski definition) is 0. The third-order valence-corrected chi connectivity index (χ3v) is 4.45. The highest BCUT2D eigenvalue weighted by molar-refractivity contribution is 7.14. The SMILES string of the molecule is C=CCN1CCc2sc(OCCCCC)cc2C1. The van der Waals surface area contributed by atoms with Crippen molar-refractivity contribution in [3.05, 3.63) is 29.2 Å². The van der Waals surface area contributed by atoms with Crippen molar-refractivity contribution in [3.63, 3.8) is 0 Å². The van der Waals surface area contributed by atoms with Crippen molar-refractivity contribution in [2.24, 2.45) is 0 Å². The van der Waals surface area contributed by atoms with Crippen LogP contribution < -0.4 is 4.74 Å². The Morgan fingerprint density at radius 1 is 1.50 bits per heavy atom. The molecule has 0 aliphatic carbocycles. The molecule has 18 heavy (non-hydrogen) atoms. The van der Waals surface area contributed by atoms with E-state index >= 15 is 0 Å². The van der Waals surface area contributed by atoms with Crippen molar-refractivity contribution in [2.75, 3.05) is 19.7 Å². The Balaban J connectivity index is 1.87. The average molecular weight is 265 g/mol. The second kappa shape index (κ2) is 6.95. The number of nitrogens with zero attached hydrogens (tertiary/aromatic N) is 1. The molecule has 0 fully saturated rings. The minimum atomic E-state index is 0.865. The number of thiophene rings is 1. The molecule has 0 spiro atoms. The molecule has 2 nitrogen and oxygen atoms in total. The highest BCUT2D eigenvalue weighted by Gasteiger charge is 2.18. The van der Waals surface area contributed by atoms with E-state index < -0.39 is 0 Å². The Bertz CT molecular complexity index is 386. The predicted molar refractivity (Wildman–Crippen MR) is 78.5 cm³/mol. The second-order valence-electron chi connectivity index (χ2n) is 4.84. The van der Waals surface area contributed by atoms with Crippen molar-refractivity contribution in [2.45, 2.75) is 39.2 Å². The van der Waals surface area contributed by atoms with E-state index in [2.05, 4.69) is 24.5 Å². The molecule has 1 aliphatic rings. The van der Waals surface area contributed by atoms with Crippen LogP contribution in [0, 0.1) is 0 Å². The number of ether oxygens (including phenoxy) is 1. The van der Waals surface area contributed by atoms with E-state index in [-0.39, 0.29) is 0 Å². The van der Waals surface area contributed by atoms with E-state index in [9.17, 15) is 0 Å². The number of unbranched alkanes of at least 4 members (excludes halogenated alkanes) is 2. The number of rotatable bonds is 7. The van der Waals surface area contributed by atoms with E-state index in [4.69, 9.17) is 4.74 Å². The third kappa shape index (κ3) is 3.59. The molecule has 1 aromatic heterocycles. The number of hydrogen-bond acceptors (Lipinski definition) is 3. The summed E-state index contributed by atoms with van der Waals surface area (Å²) in [5.41, 5.74) is 1.46. The summed E-state index contributed by atoms with van der Waals surface area (Å²) in [6.07, 6.45) is 6.83. The Morgan fingerprint density at radius 3 is 3.17 bits per heavy atom. The molecule has 0 saturated heterocycles. The third-order valence-electron chi connectivity index (χ3n) is 3.30. The van der Waals surface area contributed by atoms with Crippen LogP contribution in [0.15, 0.2) is 18.7 Å². The summed E-state index contributed by atoms with van der Waals surface area (Å²) in [6.45, 7) is 10.1. The van der Waals surface area contributed by atoms with Crippen LogP contribution in [0.1, 0.15) is 36.6 Å². The Labute approximate surface area is 114 Å². The van der Waals surface area contributed by atoms with Crippen molar-refractivity contribution >= 4 is 11.3 Å². The van der Waals surface area contributed by atoms with Gasteiger partial charge in [-0.15, -0.1) is 17.9 Å². The zero-order valence-electron chi connectivity index (χ0n) is 11.3. The molecule has 0 N–H and O–H groups in total. The smallest absolute Gasteiger partial charge is 0.174 e. The van der Waals surface area contributed by atoms with Crippen LogP contribution in [0.2, 0.25) is 0 Å². The van der Waals surface area contributed by atoms with Crippen LogP contribution >= 0.6 is 11.3 Å². The lowest BCUT2D eigenvalue weighted by atomic mass is 10.1. The lowest BCUT2D eigenvalue weighted by Gasteiger charge is -2.24. The molecule has 3 heteroatoms. The summed E-state index contributed by atoms with van der Waals surface area (Å²) in [5, 5.41) is 1.11. The summed E-state index contributed by atoms with van der Waals surface area (Å²) < 4.78 is 5.84. The van der Waals surface area contributed by atoms with Gasteiger partial charge in [-0.25, -0.2) is 0 Å². The first-order chi connectivity index (χ1) is 8.83. The quantitative estimate of drug-likeness (QED) is 0.548. The fourth-order valence-corrected chi connectivity index (χ4v) is 3.33. The van der Waals surface area contributed by atoms with Crippen molar-refractivity contribution < 1.29 is 4.74 Å². The van der Waals surface area contributed by atoms with Crippen molar-refractivity contribution in [1.82, 2.24) is 4.90 Å². The lowest BCUT2D eigenvalue weighted by molar-refractivity contribution is 0.283. The zero-order valence-corrected chi connectivity index (χ0v) is 12.1. The van der Waals surface area contributed by atoms with Gasteiger partial charge in [-0.05, 0) is 24.5 Å². The van der Waals surface area contributed by atoms with Gasteiger partial charge >= 0.3 is 0 Å². The predicted octanol–water partition coefficient (Wildman–Crippen LogP) is 3.86. The highest BCUT2D eigenvalue weighted by atomic mass is 32.1. The molecule has 1 aliphatic heterocycles. The normalized spacial score (nSPS) is 15.4. The average Bonchev–Trinajstić information content (AvgIpc) is 2.77. The van der Waals surface area contributed by atoms with E-state index in [1.165, 1.54) is 29.7 Å². The molecule has 2 heterocycles. The van der Waals surface area contributed by atoms with Gasteiger partial charge in [-0.1, -0.05) is 25.8 Å². The maximum absolute atomic E-state index is 5.84. The van der Waals surface area contributed by atoms with Gasteiger partial charge in [0.15, 0.2) is 5.06 Å². The molecule has 0 amide bonds. The maximum Gasteiger partial charge on any atom is 0.174 e. The Hall–Kier alpha value is -0.800. The molecule has 1 aromatic rings. The maximum atomic E-state index is 5.84. The molecule has 0 unspecified atom stereocenters. The van der Waals surface area contributed by atoms with Gasteiger partial charge in [-0.2, -0.15) is 0 Å². The van der Waals surface area contributed by atoms with Crippen LogP contribution in [0.4, 0.5) is 0 Å². The largest absolute Gasteiger partial charge is 0.484 e. The van der Waals surface area contributed by atoms with Crippen LogP contribution in [0.3, 0.4) is 0 Å².